The lowest BCUT2D eigenvalue weighted by Crippen LogP contribution is -2.52. The van der Waals surface area contributed by atoms with Gasteiger partial charge in [0, 0.05) is 16.7 Å². The first-order chi connectivity index (χ1) is 12.8. The number of rotatable bonds is 6. The number of hydrogen-bond acceptors (Lipinski definition) is 3. The average Bonchev–Trinajstić information content (AvgIpc) is 3.44. The van der Waals surface area contributed by atoms with Gasteiger partial charge in [0.1, 0.15) is 5.82 Å². The normalized spacial score (nSPS) is 30.5. The maximum atomic E-state index is 13.6. The molecule has 144 valence electrons. The van der Waals surface area contributed by atoms with Crippen LogP contribution in [0.2, 0.25) is 5.02 Å². The van der Waals surface area contributed by atoms with Gasteiger partial charge < -0.3 is 5.11 Å². The largest absolute Gasteiger partial charge is 0.481 e. The molecule has 1 N–H and O–H groups in total. The van der Waals surface area contributed by atoms with E-state index in [9.17, 15) is 19.6 Å². The number of nitriles is 1. The van der Waals surface area contributed by atoms with Crippen LogP contribution in [0.15, 0.2) is 23.2 Å². The van der Waals surface area contributed by atoms with Gasteiger partial charge in [-0.05, 0) is 49.8 Å². The molecule has 4 unspecified atom stereocenters. The molecule has 3 rings (SSSR count). The van der Waals surface area contributed by atoms with Crippen molar-refractivity contribution in [3.63, 3.8) is 0 Å². The molecule has 6 heteroatoms. The van der Waals surface area contributed by atoms with Gasteiger partial charge in [-0.2, -0.15) is 5.26 Å². The molecule has 1 fully saturated rings. The summed E-state index contributed by atoms with van der Waals surface area (Å²) < 4.78 is 13.6. The highest BCUT2D eigenvalue weighted by Gasteiger charge is 2.57. The van der Waals surface area contributed by atoms with Gasteiger partial charge in [0.15, 0.2) is 0 Å². The second kappa shape index (κ2) is 7.59. The molecule has 1 aromatic carbocycles. The lowest BCUT2D eigenvalue weighted by Gasteiger charge is -2.46. The van der Waals surface area contributed by atoms with Crippen molar-refractivity contribution < 1.29 is 14.3 Å². The van der Waals surface area contributed by atoms with Crippen LogP contribution in [0.25, 0.3) is 0 Å². The van der Waals surface area contributed by atoms with Crippen molar-refractivity contribution in [1.29, 1.82) is 5.26 Å². The zero-order chi connectivity index (χ0) is 19.8. The number of carbonyl (C=O) groups is 1. The smallest absolute Gasteiger partial charge is 0.312 e. The third-order valence-corrected chi connectivity index (χ3v) is 6.58. The Kier molecular flexibility index (Phi) is 5.58. The van der Waals surface area contributed by atoms with Gasteiger partial charge >= 0.3 is 5.97 Å². The summed E-state index contributed by atoms with van der Waals surface area (Å²) in [5, 5.41) is 20.3. The van der Waals surface area contributed by atoms with Crippen LogP contribution in [0.1, 0.15) is 57.4 Å². The van der Waals surface area contributed by atoms with Crippen molar-refractivity contribution in [3.8, 4) is 6.07 Å². The minimum absolute atomic E-state index is 0.162. The molecule has 1 aliphatic carbocycles. The number of carboxylic acids is 1. The molecule has 4 atom stereocenters. The zero-order valence-corrected chi connectivity index (χ0v) is 16.3. The van der Waals surface area contributed by atoms with E-state index in [1.165, 1.54) is 31.0 Å². The van der Waals surface area contributed by atoms with Gasteiger partial charge in [0.2, 0.25) is 0 Å². The van der Waals surface area contributed by atoms with Gasteiger partial charge in [-0.15, -0.1) is 0 Å². The minimum Gasteiger partial charge on any atom is -0.481 e. The summed E-state index contributed by atoms with van der Waals surface area (Å²) in [5.41, 5.74) is -0.0930. The number of halogens is 2. The molecule has 4 nitrogen and oxygen atoms in total. The topological polar surface area (TPSA) is 73.4 Å². The van der Waals surface area contributed by atoms with Crippen molar-refractivity contribution in [3.05, 3.63) is 34.6 Å². The van der Waals surface area contributed by atoms with E-state index in [-0.39, 0.29) is 5.02 Å². The van der Waals surface area contributed by atoms with Gasteiger partial charge in [0.05, 0.1) is 23.4 Å². The molecule has 2 aliphatic rings. The fourth-order valence-corrected chi connectivity index (χ4v) is 4.86. The maximum absolute atomic E-state index is 13.6. The average molecular weight is 391 g/mol. The third kappa shape index (κ3) is 3.48. The summed E-state index contributed by atoms with van der Waals surface area (Å²) in [5.74, 6) is -2.17. The van der Waals surface area contributed by atoms with Crippen LogP contribution in [0.5, 0.6) is 0 Å². The molecule has 0 bridgehead atoms. The highest BCUT2D eigenvalue weighted by atomic mass is 35.5. The van der Waals surface area contributed by atoms with Crippen LogP contribution in [-0.2, 0) is 4.79 Å². The van der Waals surface area contributed by atoms with E-state index in [4.69, 9.17) is 16.6 Å². The van der Waals surface area contributed by atoms with Gasteiger partial charge in [-0.25, -0.2) is 4.39 Å². The van der Waals surface area contributed by atoms with Gasteiger partial charge in [-0.3, -0.25) is 9.79 Å². The Morgan fingerprint density at radius 3 is 2.67 bits per heavy atom. The Balaban J connectivity index is 2.16. The van der Waals surface area contributed by atoms with Crippen molar-refractivity contribution >= 4 is 23.3 Å². The Hall–Kier alpha value is -1.93. The van der Waals surface area contributed by atoms with E-state index in [0.29, 0.717) is 30.0 Å². The molecule has 0 spiro atoms. The number of hydrogen-bond donors (Lipinski definition) is 1. The van der Waals surface area contributed by atoms with Gasteiger partial charge in [-0.1, -0.05) is 37.4 Å². The summed E-state index contributed by atoms with van der Waals surface area (Å²) in [7, 11) is 0. The van der Waals surface area contributed by atoms with Crippen LogP contribution in [0.3, 0.4) is 0 Å². The van der Waals surface area contributed by atoms with Crippen LogP contribution in [-0.4, -0.2) is 22.8 Å². The predicted molar refractivity (Wildman–Crippen MR) is 102 cm³/mol. The molecule has 27 heavy (non-hydrogen) atoms. The Bertz CT molecular complexity index is 815. The molecular weight excluding hydrogens is 367 g/mol. The van der Waals surface area contributed by atoms with E-state index in [2.05, 4.69) is 6.07 Å². The number of benzene rings is 1. The molecule has 0 radical (unpaired) electrons. The molecule has 0 aromatic heterocycles. The summed E-state index contributed by atoms with van der Waals surface area (Å²) >= 11 is 6.32. The monoisotopic (exact) mass is 390 g/mol. The zero-order valence-electron chi connectivity index (χ0n) is 15.6. The SMILES string of the molecule is CCC1(C(=O)O)C(CCC2CC2)N=C(C)C(C#N)C1c1ccc(F)cc1Cl. The first kappa shape index (κ1) is 19.8. The summed E-state index contributed by atoms with van der Waals surface area (Å²) in [4.78, 5) is 17.3. The molecular formula is C21H24ClFN2O2. The molecule has 0 saturated heterocycles. The van der Waals surface area contributed by atoms with Crippen molar-refractivity contribution in [2.45, 2.75) is 57.9 Å². The number of aliphatic imine (C=N–C) groups is 1. The number of carboxylic acid groups (broad SMARTS) is 1. The highest BCUT2D eigenvalue weighted by molar-refractivity contribution is 6.31. The molecule has 1 saturated carbocycles. The first-order valence-corrected chi connectivity index (χ1v) is 9.85. The second-order valence-corrected chi connectivity index (χ2v) is 8.16. The fourth-order valence-electron chi connectivity index (χ4n) is 4.57. The maximum Gasteiger partial charge on any atom is 0.312 e. The first-order valence-electron chi connectivity index (χ1n) is 9.47. The summed E-state index contributed by atoms with van der Waals surface area (Å²) in [6.45, 7) is 3.61. The van der Waals surface area contributed by atoms with Crippen LogP contribution in [0.4, 0.5) is 4.39 Å². The predicted octanol–water partition coefficient (Wildman–Crippen LogP) is 5.22. The number of aliphatic carboxylic acids is 1. The molecule has 1 heterocycles. The van der Waals surface area contributed by atoms with E-state index < -0.39 is 35.1 Å². The Labute approximate surface area is 164 Å². The van der Waals surface area contributed by atoms with E-state index in [1.807, 2.05) is 6.92 Å². The van der Waals surface area contributed by atoms with Gasteiger partial charge in [0.25, 0.3) is 0 Å². The Morgan fingerprint density at radius 2 is 2.15 bits per heavy atom. The highest BCUT2D eigenvalue weighted by Crippen LogP contribution is 2.54. The third-order valence-electron chi connectivity index (χ3n) is 6.26. The number of nitrogens with zero attached hydrogens (tertiary/aromatic N) is 2. The van der Waals surface area contributed by atoms with Crippen molar-refractivity contribution in [2.75, 3.05) is 0 Å². The Morgan fingerprint density at radius 1 is 1.44 bits per heavy atom. The second-order valence-electron chi connectivity index (χ2n) is 7.76. The molecule has 1 aromatic rings. The van der Waals surface area contributed by atoms with E-state index >= 15 is 0 Å². The molecule has 0 amide bonds. The van der Waals surface area contributed by atoms with E-state index in [0.717, 1.165) is 6.42 Å². The summed E-state index contributed by atoms with van der Waals surface area (Å²) in [6.07, 6.45) is 4.32. The standard InChI is InChI=1S/C21H24ClFN2O2/c1-3-21(20(26)27)18(9-6-13-4-5-13)25-12(2)16(11-24)19(21)15-8-7-14(23)10-17(15)22/h7-8,10,13,16,18-19H,3-6,9H2,1-2H3,(H,26,27). The van der Waals surface area contributed by atoms with Crippen molar-refractivity contribution in [2.24, 2.45) is 22.2 Å². The van der Waals surface area contributed by atoms with Crippen LogP contribution in [0, 0.1) is 34.4 Å². The minimum atomic E-state index is -1.24. The van der Waals surface area contributed by atoms with Crippen molar-refractivity contribution in [1.82, 2.24) is 0 Å². The van der Waals surface area contributed by atoms with Crippen LogP contribution < -0.4 is 0 Å². The fraction of sp³-hybridized carbons (Fsp3) is 0.571. The lowest BCUT2D eigenvalue weighted by atomic mass is 9.58. The molecule has 1 aliphatic heterocycles. The lowest BCUT2D eigenvalue weighted by molar-refractivity contribution is -0.153. The van der Waals surface area contributed by atoms with E-state index in [1.54, 1.807) is 6.92 Å². The quantitative estimate of drug-likeness (QED) is 0.723. The van der Waals surface area contributed by atoms with Crippen LogP contribution >= 0.6 is 11.6 Å². The summed E-state index contributed by atoms with van der Waals surface area (Å²) in [6, 6.07) is 5.81.